The maximum absolute atomic E-state index is 10.2. The minimum Gasteiger partial charge on any atom is -0.493 e. The largest absolute Gasteiger partial charge is 0.493 e. The third kappa shape index (κ3) is 5.28. The van der Waals surface area contributed by atoms with Crippen molar-refractivity contribution in [2.24, 2.45) is 0 Å². The van der Waals surface area contributed by atoms with Crippen LogP contribution in [0, 0.1) is 0 Å². The summed E-state index contributed by atoms with van der Waals surface area (Å²) in [5.74, 6) is 2.85. The molecule has 1 fully saturated rings. The van der Waals surface area contributed by atoms with Gasteiger partial charge in [0.15, 0.2) is 11.5 Å². The molecule has 1 saturated heterocycles. The van der Waals surface area contributed by atoms with Crippen molar-refractivity contribution in [3.8, 4) is 11.5 Å². The van der Waals surface area contributed by atoms with Gasteiger partial charge in [-0.15, -0.1) is 0 Å². The van der Waals surface area contributed by atoms with E-state index in [9.17, 15) is 5.11 Å². The van der Waals surface area contributed by atoms with Crippen molar-refractivity contribution in [1.82, 2.24) is 4.90 Å². The molecule has 0 aliphatic carbocycles. The van der Waals surface area contributed by atoms with Crippen molar-refractivity contribution in [1.29, 1.82) is 0 Å². The number of hydrogen-bond acceptors (Lipinski definition) is 6. The topological polar surface area (TPSA) is 64.3 Å². The van der Waals surface area contributed by atoms with Gasteiger partial charge >= 0.3 is 0 Å². The van der Waals surface area contributed by atoms with Crippen LogP contribution >= 0.6 is 0 Å². The SMILES string of the molecule is COc1ccc(CN(Cc2ccc(C(C)(C)O)o2)C[C@@H]2CCCO2)cc1OC. The molecule has 0 amide bonds. The van der Waals surface area contributed by atoms with Gasteiger partial charge in [-0.3, -0.25) is 4.90 Å². The van der Waals surface area contributed by atoms with E-state index in [0.29, 0.717) is 12.3 Å². The molecule has 28 heavy (non-hydrogen) atoms. The van der Waals surface area contributed by atoms with Gasteiger partial charge in [0.25, 0.3) is 0 Å². The molecule has 2 aromatic rings. The second kappa shape index (κ2) is 8.99. The summed E-state index contributed by atoms with van der Waals surface area (Å²) in [6, 6.07) is 9.76. The number of nitrogens with zero attached hydrogens (tertiary/aromatic N) is 1. The van der Waals surface area contributed by atoms with Crippen LogP contribution in [-0.2, 0) is 23.4 Å². The van der Waals surface area contributed by atoms with Crippen LogP contribution in [0.4, 0.5) is 0 Å². The predicted molar refractivity (Wildman–Crippen MR) is 107 cm³/mol. The van der Waals surface area contributed by atoms with Crippen LogP contribution in [0.5, 0.6) is 11.5 Å². The first-order valence-corrected chi connectivity index (χ1v) is 9.75. The lowest BCUT2D eigenvalue weighted by molar-refractivity contribution is 0.0477. The van der Waals surface area contributed by atoms with Crippen molar-refractivity contribution in [2.75, 3.05) is 27.4 Å². The van der Waals surface area contributed by atoms with E-state index in [4.69, 9.17) is 18.6 Å². The zero-order valence-corrected chi connectivity index (χ0v) is 17.2. The van der Waals surface area contributed by atoms with Gasteiger partial charge in [0.1, 0.15) is 17.1 Å². The molecular weight excluding hydrogens is 358 g/mol. The highest BCUT2D eigenvalue weighted by Crippen LogP contribution is 2.29. The van der Waals surface area contributed by atoms with Crippen LogP contribution in [0.1, 0.15) is 43.8 Å². The first-order valence-electron chi connectivity index (χ1n) is 9.75. The number of rotatable bonds is 9. The molecule has 0 bridgehead atoms. The van der Waals surface area contributed by atoms with Gasteiger partial charge in [-0.1, -0.05) is 6.07 Å². The maximum atomic E-state index is 10.2. The molecule has 2 heterocycles. The Morgan fingerprint density at radius 3 is 2.50 bits per heavy atom. The van der Waals surface area contributed by atoms with E-state index in [2.05, 4.69) is 4.90 Å². The second-order valence-corrected chi connectivity index (χ2v) is 7.82. The van der Waals surface area contributed by atoms with Crippen LogP contribution in [0.15, 0.2) is 34.7 Å². The minimum atomic E-state index is -0.985. The quantitative estimate of drug-likeness (QED) is 0.705. The number of furan rings is 1. The summed E-state index contributed by atoms with van der Waals surface area (Å²) in [5.41, 5.74) is 0.144. The molecular formula is C22H31NO5. The number of ether oxygens (including phenoxy) is 3. The van der Waals surface area contributed by atoms with E-state index >= 15 is 0 Å². The lowest BCUT2D eigenvalue weighted by Crippen LogP contribution is -2.31. The van der Waals surface area contributed by atoms with E-state index < -0.39 is 5.60 Å². The Kier molecular flexibility index (Phi) is 6.65. The summed E-state index contributed by atoms with van der Waals surface area (Å²) in [7, 11) is 3.28. The average molecular weight is 389 g/mol. The highest BCUT2D eigenvalue weighted by Gasteiger charge is 2.23. The van der Waals surface area contributed by atoms with E-state index in [1.54, 1.807) is 28.1 Å². The Hall–Kier alpha value is -2.02. The van der Waals surface area contributed by atoms with E-state index in [-0.39, 0.29) is 6.10 Å². The highest BCUT2D eigenvalue weighted by atomic mass is 16.5. The molecule has 1 aliphatic rings. The molecule has 0 spiro atoms. The third-order valence-electron chi connectivity index (χ3n) is 4.98. The van der Waals surface area contributed by atoms with E-state index in [0.717, 1.165) is 55.4 Å². The molecule has 1 aliphatic heterocycles. The van der Waals surface area contributed by atoms with Crippen LogP contribution in [0.3, 0.4) is 0 Å². The Morgan fingerprint density at radius 1 is 1.11 bits per heavy atom. The second-order valence-electron chi connectivity index (χ2n) is 7.82. The fourth-order valence-electron chi connectivity index (χ4n) is 3.51. The Bertz CT molecular complexity index is 759. The number of aliphatic hydroxyl groups is 1. The summed E-state index contributed by atoms with van der Waals surface area (Å²) >= 11 is 0. The first-order chi connectivity index (χ1) is 13.4. The summed E-state index contributed by atoms with van der Waals surface area (Å²) < 4.78 is 22.5. The summed E-state index contributed by atoms with van der Waals surface area (Å²) in [6.07, 6.45) is 2.43. The minimum absolute atomic E-state index is 0.240. The number of methoxy groups -OCH3 is 2. The molecule has 0 unspecified atom stereocenters. The maximum Gasteiger partial charge on any atom is 0.161 e. The Morgan fingerprint density at radius 2 is 1.89 bits per heavy atom. The molecule has 1 aromatic carbocycles. The van der Waals surface area contributed by atoms with Crippen LogP contribution in [0.2, 0.25) is 0 Å². The molecule has 6 nitrogen and oxygen atoms in total. The summed E-state index contributed by atoms with van der Waals surface area (Å²) in [4.78, 5) is 2.31. The molecule has 1 aromatic heterocycles. The van der Waals surface area contributed by atoms with Crippen molar-refractivity contribution in [3.05, 3.63) is 47.4 Å². The van der Waals surface area contributed by atoms with Crippen molar-refractivity contribution < 1.29 is 23.7 Å². The standard InChI is InChI=1S/C22H31NO5/c1-22(2,24)21-10-8-18(28-21)15-23(14-17-6-5-11-27-17)13-16-7-9-19(25-3)20(12-16)26-4/h7-10,12,17,24H,5-6,11,13-15H2,1-4H3/t17-/m0/s1. The fourth-order valence-corrected chi connectivity index (χ4v) is 3.51. The molecule has 154 valence electrons. The Labute approximate surface area is 167 Å². The van der Waals surface area contributed by atoms with Gasteiger partial charge in [-0.05, 0) is 56.5 Å². The van der Waals surface area contributed by atoms with Crippen LogP contribution in [0.25, 0.3) is 0 Å². The van der Waals surface area contributed by atoms with Gasteiger partial charge in [-0.2, -0.15) is 0 Å². The molecule has 3 rings (SSSR count). The zero-order valence-electron chi connectivity index (χ0n) is 17.2. The fraction of sp³-hybridized carbons (Fsp3) is 0.545. The van der Waals surface area contributed by atoms with Crippen molar-refractivity contribution in [3.63, 3.8) is 0 Å². The molecule has 0 radical (unpaired) electrons. The van der Waals surface area contributed by atoms with E-state index in [1.165, 1.54) is 0 Å². The molecule has 1 N–H and O–H groups in total. The van der Waals surface area contributed by atoms with Gasteiger partial charge in [0, 0.05) is 19.7 Å². The first kappa shape index (κ1) is 20.7. The van der Waals surface area contributed by atoms with Gasteiger partial charge in [-0.25, -0.2) is 0 Å². The Balaban J connectivity index is 1.76. The summed E-state index contributed by atoms with van der Waals surface area (Å²) in [5, 5.41) is 10.2. The molecule has 1 atom stereocenters. The lowest BCUT2D eigenvalue weighted by Gasteiger charge is -2.25. The van der Waals surface area contributed by atoms with Gasteiger partial charge in [0.2, 0.25) is 0 Å². The molecule has 6 heteroatoms. The summed E-state index contributed by atoms with van der Waals surface area (Å²) in [6.45, 7) is 6.49. The van der Waals surface area contributed by atoms with E-state index in [1.807, 2.05) is 30.3 Å². The average Bonchev–Trinajstić information content (AvgIpc) is 3.33. The monoisotopic (exact) mass is 389 g/mol. The molecule has 0 saturated carbocycles. The zero-order chi connectivity index (χ0) is 20.1. The number of benzene rings is 1. The smallest absolute Gasteiger partial charge is 0.161 e. The lowest BCUT2D eigenvalue weighted by atomic mass is 10.1. The van der Waals surface area contributed by atoms with Crippen LogP contribution in [-0.4, -0.2) is 43.5 Å². The van der Waals surface area contributed by atoms with Crippen molar-refractivity contribution in [2.45, 2.75) is 51.5 Å². The van der Waals surface area contributed by atoms with Gasteiger partial charge in [0.05, 0.1) is 26.9 Å². The van der Waals surface area contributed by atoms with Crippen molar-refractivity contribution >= 4 is 0 Å². The highest BCUT2D eigenvalue weighted by molar-refractivity contribution is 5.42. The van der Waals surface area contributed by atoms with Crippen LogP contribution < -0.4 is 9.47 Å². The predicted octanol–water partition coefficient (Wildman–Crippen LogP) is 3.71. The normalized spacial score (nSPS) is 17.3. The number of hydrogen-bond donors (Lipinski definition) is 1. The van der Waals surface area contributed by atoms with Gasteiger partial charge < -0.3 is 23.7 Å². The third-order valence-corrected chi connectivity index (χ3v) is 4.98.